The van der Waals surface area contributed by atoms with Gasteiger partial charge in [0.05, 0.1) is 18.7 Å². The Kier molecular flexibility index (Phi) is 4.29. The number of hydrogen-bond donors (Lipinski definition) is 1. The van der Waals surface area contributed by atoms with Gasteiger partial charge in [0.1, 0.15) is 11.5 Å². The van der Waals surface area contributed by atoms with E-state index in [0.717, 1.165) is 29.1 Å². The van der Waals surface area contributed by atoms with Crippen molar-refractivity contribution in [3.63, 3.8) is 0 Å². The second-order valence-electron chi connectivity index (χ2n) is 4.27. The van der Waals surface area contributed by atoms with Crippen LogP contribution in [0.15, 0.2) is 16.6 Å². The molecule has 0 amide bonds. The van der Waals surface area contributed by atoms with E-state index in [2.05, 4.69) is 27.3 Å². The molecule has 1 fully saturated rings. The van der Waals surface area contributed by atoms with E-state index < -0.39 is 0 Å². The number of nitrogens with one attached hydrogen (secondary N) is 1. The van der Waals surface area contributed by atoms with Crippen LogP contribution in [0.3, 0.4) is 0 Å². The van der Waals surface area contributed by atoms with Gasteiger partial charge in [-0.3, -0.25) is 0 Å². The lowest BCUT2D eigenvalue weighted by molar-refractivity contribution is 0.382. The molecule has 1 atom stereocenters. The highest BCUT2D eigenvalue weighted by Crippen LogP contribution is 2.38. The third-order valence-electron chi connectivity index (χ3n) is 3.24. The van der Waals surface area contributed by atoms with Gasteiger partial charge in [-0.05, 0) is 47.4 Å². The minimum atomic E-state index is 0.515. The van der Waals surface area contributed by atoms with E-state index in [1.165, 1.54) is 18.4 Å². The van der Waals surface area contributed by atoms with Crippen LogP contribution in [0.25, 0.3) is 0 Å². The summed E-state index contributed by atoms with van der Waals surface area (Å²) in [6, 6.07) is 4.07. The standard InChI is InChI=1S/C13H18BrNO2/c1-16-12-7-11(14)13(17-2)6-10(12)9-4-3-5-15-8-9/h6-7,9,15H,3-5,8H2,1-2H3. The monoisotopic (exact) mass is 299 g/mol. The van der Waals surface area contributed by atoms with E-state index >= 15 is 0 Å². The van der Waals surface area contributed by atoms with Gasteiger partial charge in [-0.15, -0.1) is 0 Å². The van der Waals surface area contributed by atoms with Crippen LogP contribution < -0.4 is 14.8 Å². The van der Waals surface area contributed by atoms with E-state index in [1.54, 1.807) is 14.2 Å². The summed E-state index contributed by atoms with van der Waals surface area (Å²) in [6.45, 7) is 2.13. The predicted octanol–water partition coefficient (Wildman–Crippen LogP) is 2.93. The smallest absolute Gasteiger partial charge is 0.133 e. The molecule has 2 rings (SSSR count). The van der Waals surface area contributed by atoms with Crippen LogP contribution in [0.5, 0.6) is 11.5 Å². The van der Waals surface area contributed by atoms with Gasteiger partial charge in [0, 0.05) is 18.0 Å². The van der Waals surface area contributed by atoms with Crippen molar-refractivity contribution in [2.24, 2.45) is 0 Å². The molecule has 0 aromatic heterocycles. The molecule has 0 spiro atoms. The van der Waals surface area contributed by atoms with E-state index in [9.17, 15) is 0 Å². The first-order chi connectivity index (χ1) is 8.26. The first kappa shape index (κ1) is 12.7. The molecule has 1 aliphatic rings. The highest BCUT2D eigenvalue weighted by molar-refractivity contribution is 9.10. The summed E-state index contributed by atoms with van der Waals surface area (Å²) >= 11 is 3.49. The van der Waals surface area contributed by atoms with Crippen molar-refractivity contribution in [3.8, 4) is 11.5 Å². The zero-order valence-electron chi connectivity index (χ0n) is 10.3. The van der Waals surface area contributed by atoms with Crippen molar-refractivity contribution in [2.75, 3.05) is 27.3 Å². The van der Waals surface area contributed by atoms with Gasteiger partial charge in [0.25, 0.3) is 0 Å². The third-order valence-corrected chi connectivity index (χ3v) is 3.86. The zero-order chi connectivity index (χ0) is 12.3. The van der Waals surface area contributed by atoms with Crippen molar-refractivity contribution in [2.45, 2.75) is 18.8 Å². The first-order valence-electron chi connectivity index (χ1n) is 5.88. The molecule has 1 aromatic carbocycles. The van der Waals surface area contributed by atoms with Gasteiger partial charge < -0.3 is 14.8 Å². The average molecular weight is 300 g/mol. The first-order valence-corrected chi connectivity index (χ1v) is 6.67. The van der Waals surface area contributed by atoms with Gasteiger partial charge in [0.2, 0.25) is 0 Å². The molecular formula is C13H18BrNO2. The van der Waals surface area contributed by atoms with Gasteiger partial charge >= 0.3 is 0 Å². The summed E-state index contributed by atoms with van der Waals surface area (Å²) in [6.07, 6.45) is 2.42. The fourth-order valence-electron chi connectivity index (χ4n) is 2.32. The lowest BCUT2D eigenvalue weighted by Crippen LogP contribution is -2.28. The summed E-state index contributed by atoms with van der Waals surface area (Å²) in [7, 11) is 3.41. The molecule has 3 nitrogen and oxygen atoms in total. The summed E-state index contributed by atoms with van der Waals surface area (Å²) in [4.78, 5) is 0. The van der Waals surface area contributed by atoms with E-state index in [4.69, 9.17) is 9.47 Å². The SMILES string of the molecule is COc1cc(C2CCCNC2)c(OC)cc1Br. The van der Waals surface area contributed by atoms with Crippen LogP contribution in [0.4, 0.5) is 0 Å². The molecule has 1 aromatic rings. The lowest BCUT2D eigenvalue weighted by atomic mass is 9.91. The Morgan fingerprint density at radius 2 is 2.00 bits per heavy atom. The Balaban J connectivity index is 2.35. The fraction of sp³-hybridized carbons (Fsp3) is 0.538. The summed E-state index contributed by atoms with van der Waals surface area (Å²) in [5.74, 6) is 2.32. The Morgan fingerprint density at radius 3 is 2.59 bits per heavy atom. The highest BCUT2D eigenvalue weighted by Gasteiger charge is 2.20. The number of benzene rings is 1. The maximum atomic E-state index is 5.47. The quantitative estimate of drug-likeness (QED) is 0.931. The number of ether oxygens (including phenoxy) is 2. The highest BCUT2D eigenvalue weighted by atomic mass is 79.9. The molecule has 0 radical (unpaired) electrons. The summed E-state index contributed by atoms with van der Waals surface area (Å²) < 4.78 is 11.8. The number of piperidine rings is 1. The number of rotatable bonds is 3. The second kappa shape index (κ2) is 5.74. The molecule has 17 heavy (non-hydrogen) atoms. The maximum absolute atomic E-state index is 5.47. The van der Waals surface area contributed by atoms with Crippen LogP contribution in [0, 0.1) is 0 Å². The molecule has 1 saturated heterocycles. The van der Waals surface area contributed by atoms with Gasteiger partial charge in [0.15, 0.2) is 0 Å². The van der Waals surface area contributed by atoms with Gasteiger partial charge in [-0.1, -0.05) is 0 Å². The number of methoxy groups -OCH3 is 2. The largest absolute Gasteiger partial charge is 0.496 e. The second-order valence-corrected chi connectivity index (χ2v) is 5.13. The normalized spacial score (nSPS) is 20.1. The zero-order valence-corrected chi connectivity index (χ0v) is 11.8. The molecule has 1 aliphatic heterocycles. The molecule has 4 heteroatoms. The van der Waals surface area contributed by atoms with E-state index in [0.29, 0.717) is 5.92 Å². The molecule has 0 aliphatic carbocycles. The van der Waals surface area contributed by atoms with Crippen LogP contribution >= 0.6 is 15.9 Å². The molecule has 1 heterocycles. The molecule has 0 bridgehead atoms. The summed E-state index contributed by atoms with van der Waals surface area (Å²) in [5, 5.41) is 3.43. The minimum Gasteiger partial charge on any atom is -0.496 e. The third kappa shape index (κ3) is 2.75. The Bertz CT molecular complexity index is 389. The van der Waals surface area contributed by atoms with Crippen LogP contribution in [0.2, 0.25) is 0 Å². The van der Waals surface area contributed by atoms with E-state index in [1.807, 2.05) is 6.07 Å². The number of halogens is 1. The van der Waals surface area contributed by atoms with Crippen LogP contribution in [-0.4, -0.2) is 27.3 Å². The van der Waals surface area contributed by atoms with Gasteiger partial charge in [-0.25, -0.2) is 0 Å². The Labute approximate surface area is 111 Å². The van der Waals surface area contributed by atoms with Crippen molar-refractivity contribution in [1.29, 1.82) is 0 Å². The predicted molar refractivity (Wildman–Crippen MR) is 72.1 cm³/mol. The average Bonchev–Trinajstić information content (AvgIpc) is 2.39. The molecule has 1 N–H and O–H groups in total. The van der Waals surface area contributed by atoms with Crippen molar-refractivity contribution in [3.05, 3.63) is 22.2 Å². The van der Waals surface area contributed by atoms with E-state index in [-0.39, 0.29) is 0 Å². The van der Waals surface area contributed by atoms with Crippen molar-refractivity contribution >= 4 is 15.9 Å². The molecule has 0 saturated carbocycles. The molecule has 94 valence electrons. The lowest BCUT2D eigenvalue weighted by Gasteiger charge is -2.25. The Hall–Kier alpha value is -0.740. The molecular weight excluding hydrogens is 282 g/mol. The topological polar surface area (TPSA) is 30.5 Å². The van der Waals surface area contributed by atoms with Crippen LogP contribution in [0.1, 0.15) is 24.3 Å². The van der Waals surface area contributed by atoms with Crippen LogP contribution in [-0.2, 0) is 0 Å². The van der Waals surface area contributed by atoms with Gasteiger partial charge in [-0.2, -0.15) is 0 Å². The maximum Gasteiger partial charge on any atom is 0.133 e. The molecule has 1 unspecified atom stereocenters. The van der Waals surface area contributed by atoms with Crippen molar-refractivity contribution in [1.82, 2.24) is 5.32 Å². The fourth-order valence-corrected chi connectivity index (χ4v) is 2.80. The van der Waals surface area contributed by atoms with Crippen molar-refractivity contribution < 1.29 is 9.47 Å². The minimum absolute atomic E-state index is 0.515. The number of hydrogen-bond acceptors (Lipinski definition) is 3. The summed E-state index contributed by atoms with van der Waals surface area (Å²) in [5.41, 5.74) is 1.24. The Morgan fingerprint density at radius 1 is 1.24 bits per heavy atom.